The largest absolute Gasteiger partial charge is 0.383 e. The summed E-state index contributed by atoms with van der Waals surface area (Å²) in [6, 6.07) is 5.82. The van der Waals surface area contributed by atoms with Crippen molar-refractivity contribution in [2.45, 2.75) is 50.6 Å². The van der Waals surface area contributed by atoms with E-state index in [9.17, 15) is 9.59 Å². The molecule has 5 aromatic rings. The Morgan fingerprint density at radius 2 is 1.85 bits per heavy atom. The topological polar surface area (TPSA) is 166 Å². The van der Waals surface area contributed by atoms with Gasteiger partial charge in [0.2, 0.25) is 5.82 Å². The van der Waals surface area contributed by atoms with E-state index in [0.29, 0.717) is 29.7 Å². The van der Waals surface area contributed by atoms with E-state index in [4.69, 9.17) is 10.7 Å². The lowest BCUT2D eigenvalue weighted by Gasteiger charge is -2.38. The lowest BCUT2D eigenvalue weighted by Crippen LogP contribution is -2.46. The van der Waals surface area contributed by atoms with Crippen LogP contribution in [0.2, 0.25) is 0 Å². The lowest BCUT2D eigenvalue weighted by molar-refractivity contribution is 0.0556. The first kappa shape index (κ1) is 24.1. The molecule has 0 spiro atoms. The summed E-state index contributed by atoms with van der Waals surface area (Å²) in [6.07, 6.45) is 9.83. The summed E-state index contributed by atoms with van der Waals surface area (Å²) < 4.78 is 3.26. The third kappa shape index (κ3) is 3.76. The van der Waals surface area contributed by atoms with Crippen LogP contribution >= 0.6 is 0 Å². The molecule has 2 aliphatic rings. The van der Waals surface area contributed by atoms with Crippen LogP contribution in [-0.4, -0.2) is 73.2 Å². The maximum atomic E-state index is 13.1. The van der Waals surface area contributed by atoms with Gasteiger partial charge in [-0.3, -0.25) is 24.4 Å². The molecule has 7 rings (SSSR count). The average Bonchev–Trinajstić information content (AvgIpc) is 3.75. The minimum absolute atomic E-state index is 0.0214. The quantitative estimate of drug-likeness (QED) is 0.320. The van der Waals surface area contributed by atoms with E-state index < -0.39 is 0 Å². The average molecular weight is 538 g/mol. The van der Waals surface area contributed by atoms with Crippen LogP contribution in [0.25, 0.3) is 28.2 Å². The van der Waals surface area contributed by atoms with Crippen molar-refractivity contribution in [2.24, 2.45) is 7.05 Å². The first-order valence-electron chi connectivity index (χ1n) is 13.2. The van der Waals surface area contributed by atoms with E-state index in [1.165, 1.54) is 17.8 Å². The number of nitrogen functional groups attached to an aromatic ring is 1. The van der Waals surface area contributed by atoms with Crippen LogP contribution in [0.3, 0.4) is 0 Å². The number of Topliss-reactive ketones (excluding diaryl/α,β-unsaturated/α-hetero) is 1. The van der Waals surface area contributed by atoms with Gasteiger partial charge in [0.05, 0.1) is 23.1 Å². The fourth-order valence-corrected chi connectivity index (χ4v) is 6.31. The predicted molar refractivity (Wildman–Crippen MR) is 144 cm³/mol. The maximum absolute atomic E-state index is 13.1. The molecule has 2 fully saturated rings. The van der Waals surface area contributed by atoms with Gasteiger partial charge in [-0.05, 0) is 44.7 Å². The number of pyridine rings is 1. The number of fused-ring (bicyclic) bond motifs is 3. The molecule has 0 aliphatic carbocycles. The highest BCUT2D eigenvalue weighted by Crippen LogP contribution is 2.45. The lowest BCUT2D eigenvalue weighted by atomic mass is 9.85. The number of aromatic nitrogens is 9. The molecule has 0 radical (unpaired) electrons. The van der Waals surface area contributed by atoms with Crippen molar-refractivity contribution in [1.29, 1.82) is 0 Å². The van der Waals surface area contributed by atoms with Crippen molar-refractivity contribution < 1.29 is 9.59 Å². The Kier molecular flexibility index (Phi) is 5.47. The molecule has 2 atom stereocenters. The van der Waals surface area contributed by atoms with Gasteiger partial charge in [0.1, 0.15) is 17.8 Å². The second-order valence-corrected chi connectivity index (χ2v) is 10.5. The summed E-state index contributed by atoms with van der Waals surface area (Å²) >= 11 is 0. The van der Waals surface area contributed by atoms with Crippen LogP contribution in [0, 0.1) is 0 Å². The minimum Gasteiger partial charge on any atom is -0.383 e. The Bertz CT molecular complexity index is 1740. The van der Waals surface area contributed by atoms with Gasteiger partial charge in [-0.2, -0.15) is 19.8 Å². The normalized spacial score (nSPS) is 20.4. The van der Waals surface area contributed by atoms with Crippen molar-refractivity contribution in [3.05, 3.63) is 60.2 Å². The Morgan fingerprint density at radius 1 is 1.05 bits per heavy atom. The van der Waals surface area contributed by atoms with Crippen LogP contribution < -0.4 is 5.73 Å². The number of rotatable bonds is 5. The highest BCUT2D eigenvalue weighted by atomic mass is 16.2. The first-order valence-corrected chi connectivity index (χ1v) is 13.2. The van der Waals surface area contributed by atoms with Crippen molar-refractivity contribution in [3.63, 3.8) is 0 Å². The number of aromatic amines is 1. The van der Waals surface area contributed by atoms with Crippen LogP contribution in [0.5, 0.6) is 0 Å². The molecule has 2 saturated heterocycles. The molecular formula is C27H27N11O2. The fraction of sp³-hybridized carbons (Fsp3) is 0.333. The van der Waals surface area contributed by atoms with E-state index >= 15 is 0 Å². The number of nitrogens with one attached hydrogen (secondary N) is 1. The zero-order chi connectivity index (χ0) is 27.5. The summed E-state index contributed by atoms with van der Waals surface area (Å²) in [7, 11) is 1.86. The zero-order valence-corrected chi connectivity index (χ0v) is 22.0. The maximum Gasteiger partial charge on any atom is 0.291 e. The van der Waals surface area contributed by atoms with Crippen LogP contribution in [-0.2, 0) is 7.05 Å². The van der Waals surface area contributed by atoms with E-state index in [-0.39, 0.29) is 41.3 Å². The van der Waals surface area contributed by atoms with Gasteiger partial charge < -0.3 is 10.6 Å². The molecule has 0 saturated carbocycles. The number of H-pyrrole nitrogens is 1. The highest BCUT2D eigenvalue weighted by Gasteiger charge is 2.45. The van der Waals surface area contributed by atoms with Crippen molar-refractivity contribution in [2.75, 3.05) is 5.73 Å². The Morgan fingerprint density at radius 3 is 2.48 bits per heavy atom. The number of hydrogen-bond donors (Lipinski definition) is 2. The summed E-state index contributed by atoms with van der Waals surface area (Å²) in [5.41, 5.74) is 11.3. The SMILES string of the molecule is CC(=O)c1c(C2CC3CCC(C2)N3C(=O)c2ncn[nH]2)nc2c(-c3ccc(-c4ccn(C)n4)nc3)cnn2c1N. The smallest absolute Gasteiger partial charge is 0.291 e. The van der Waals surface area contributed by atoms with Crippen LogP contribution in [0.1, 0.15) is 65.2 Å². The molecule has 7 heterocycles. The number of anilines is 1. The van der Waals surface area contributed by atoms with E-state index in [2.05, 4.69) is 30.4 Å². The molecule has 202 valence electrons. The van der Waals surface area contributed by atoms with Gasteiger partial charge in [-0.15, -0.1) is 0 Å². The molecule has 40 heavy (non-hydrogen) atoms. The van der Waals surface area contributed by atoms with Crippen molar-refractivity contribution >= 4 is 23.2 Å². The number of nitrogens with zero attached hydrogens (tertiary/aromatic N) is 9. The van der Waals surface area contributed by atoms with Gasteiger partial charge in [0.25, 0.3) is 5.91 Å². The molecule has 0 aromatic carbocycles. The monoisotopic (exact) mass is 537 g/mol. The fourth-order valence-electron chi connectivity index (χ4n) is 6.31. The zero-order valence-electron chi connectivity index (χ0n) is 22.0. The van der Waals surface area contributed by atoms with E-state index in [0.717, 1.165) is 35.4 Å². The molecule has 2 bridgehead atoms. The van der Waals surface area contributed by atoms with Gasteiger partial charge >= 0.3 is 0 Å². The van der Waals surface area contributed by atoms with E-state index in [1.54, 1.807) is 17.1 Å². The van der Waals surface area contributed by atoms with Crippen molar-refractivity contribution in [3.8, 4) is 22.5 Å². The van der Waals surface area contributed by atoms with Gasteiger partial charge in [0.15, 0.2) is 11.4 Å². The molecule has 2 unspecified atom stereocenters. The number of amides is 1. The number of carbonyl (C=O) groups is 2. The van der Waals surface area contributed by atoms with Crippen LogP contribution in [0.15, 0.2) is 43.1 Å². The van der Waals surface area contributed by atoms with Gasteiger partial charge in [0, 0.05) is 48.6 Å². The molecule has 5 aromatic heterocycles. The second-order valence-electron chi connectivity index (χ2n) is 10.5. The third-order valence-corrected chi connectivity index (χ3v) is 8.09. The Labute approximate surface area is 228 Å². The number of carbonyl (C=O) groups excluding carboxylic acids is 2. The summed E-state index contributed by atoms with van der Waals surface area (Å²) in [5.74, 6) is 0.181. The number of ketones is 1. The summed E-state index contributed by atoms with van der Waals surface area (Å²) in [5, 5.41) is 15.4. The van der Waals surface area contributed by atoms with E-state index in [1.807, 2.05) is 36.3 Å². The summed E-state index contributed by atoms with van der Waals surface area (Å²) in [4.78, 5) is 41.6. The standard InChI is InChI=1S/C27H27N11O2/c1-14(39)22-23(16-9-17-4-5-18(10-16)37(17)27(40)25-30-13-31-34-25)33-26-19(12-32-38(26)24(22)28)15-3-6-20(29-11-15)21-7-8-36(2)35-21/h3,6-8,11-13,16-18H,4-5,9-10,28H2,1-2H3,(H,30,31,34). The number of nitrogens with two attached hydrogens (primary N) is 1. The summed E-state index contributed by atoms with van der Waals surface area (Å²) in [6.45, 7) is 1.50. The van der Waals surface area contributed by atoms with Gasteiger partial charge in [-0.25, -0.2) is 9.97 Å². The molecule has 1 amide bonds. The molecule has 3 N–H and O–H groups in total. The Hall–Kier alpha value is -4.94. The number of piperidine rings is 1. The third-order valence-electron chi connectivity index (χ3n) is 8.09. The van der Waals surface area contributed by atoms with Gasteiger partial charge in [-0.1, -0.05) is 6.07 Å². The highest BCUT2D eigenvalue weighted by molar-refractivity contribution is 6.00. The molecular weight excluding hydrogens is 510 g/mol. The number of hydrogen-bond acceptors (Lipinski definition) is 9. The Balaban J connectivity index is 1.26. The number of aryl methyl sites for hydroxylation is 1. The molecule has 2 aliphatic heterocycles. The minimum atomic E-state index is -0.159. The van der Waals surface area contributed by atoms with Crippen LogP contribution in [0.4, 0.5) is 5.82 Å². The first-order chi connectivity index (χ1) is 19.4. The second kappa shape index (κ2) is 9.07. The molecule has 13 heteroatoms. The molecule has 13 nitrogen and oxygen atoms in total. The van der Waals surface area contributed by atoms with Crippen molar-refractivity contribution in [1.82, 2.24) is 49.4 Å². The predicted octanol–water partition coefficient (Wildman–Crippen LogP) is 2.65.